The van der Waals surface area contributed by atoms with Gasteiger partial charge in [-0.2, -0.15) is 0 Å². The topological polar surface area (TPSA) is 83.3 Å². The van der Waals surface area contributed by atoms with E-state index >= 15 is 0 Å². The van der Waals surface area contributed by atoms with Crippen molar-refractivity contribution in [2.45, 2.75) is 5.25 Å². The van der Waals surface area contributed by atoms with Gasteiger partial charge in [-0.3, -0.25) is 10.1 Å². The maximum Gasteiger partial charge on any atom is 0.220 e. The number of aliphatic carboxylic acids is 1. The molecule has 0 amide bonds. The fraction of sp³-hybridized carbons (Fsp3) is 0.375. The Bertz CT molecular complexity index is 338. The number of rotatable bonds is 6. The van der Waals surface area contributed by atoms with Crippen LogP contribution in [0.15, 0.2) is 17.5 Å². The number of nitro groups is 1. The van der Waals surface area contributed by atoms with Gasteiger partial charge in [-0.1, -0.05) is 6.07 Å². The van der Waals surface area contributed by atoms with E-state index in [1.807, 2.05) is 5.38 Å². The van der Waals surface area contributed by atoms with Crippen LogP contribution in [-0.2, 0) is 4.79 Å². The third-order valence-electron chi connectivity index (χ3n) is 1.58. The van der Waals surface area contributed by atoms with Gasteiger partial charge in [0.25, 0.3) is 0 Å². The summed E-state index contributed by atoms with van der Waals surface area (Å²) in [7, 11) is 0. The van der Waals surface area contributed by atoms with Gasteiger partial charge in [-0.15, -0.1) is 23.1 Å². The molecule has 1 aromatic heterocycles. The van der Waals surface area contributed by atoms with E-state index in [-0.39, 0.29) is 12.3 Å². The van der Waals surface area contributed by atoms with Crippen molar-refractivity contribution in [3.05, 3.63) is 32.5 Å². The second kappa shape index (κ2) is 5.72. The van der Waals surface area contributed by atoms with Gasteiger partial charge in [-0.05, 0) is 11.4 Å². The Hall–Kier alpha value is -1.08. The highest BCUT2D eigenvalue weighted by atomic mass is 32.2. The third kappa shape index (κ3) is 4.30. The first kappa shape index (κ1) is 12.0. The summed E-state index contributed by atoms with van der Waals surface area (Å²) in [6.45, 7) is -0.265. The van der Waals surface area contributed by atoms with Gasteiger partial charge in [0.05, 0.1) is 5.97 Å². The molecular formula is C8H8NO4S2-. The van der Waals surface area contributed by atoms with Crippen LogP contribution in [0.2, 0.25) is 0 Å². The standard InChI is InChI=1S/C8H9NO4S2/c10-8(11)5-15-7(4-9(12)13)6-2-1-3-14-6/h1-3,7H,4-5H2,(H,10,11)/p-1. The van der Waals surface area contributed by atoms with Crippen molar-refractivity contribution in [2.24, 2.45) is 0 Å². The second-order valence-electron chi connectivity index (χ2n) is 2.70. The molecule has 15 heavy (non-hydrogen) atoms. The molecule has 1 aromatic rings. The predicted molar refractivity (Wildman–Crippen MR) is 56.4 cm³/mol. The van der Waals surface area contributed by atoms with Crippen LogP contribution in [-0.4, -0.2) is 23.2 Å². The fourth-order valence-corrected chi connectivity index (χ4v) is 2.88. The lowest BCUT2D eigenvalue weighted by Crippen LogP contribution is -2.25. The Morgan fingerprint density at radius 3 is 2.87 bits per heavy atom. The zero-order chi connectivity index (χ0) is 11.3. The van der Waals surface area contributed by atoms with Crippen molar-refractivity contribution in [3.63, 3.8) is 0 Å². The van der Waals surface area contributed by atoms with Gasteiger partial charge < -0.3 is 9.90 Å². The summed E-state index contributed by atoms with van der Waals surface area (Å²) in [5, 5.41) is 22.0. The zero-order valence-corrected chi connectivity index (χ0v) is 9.25. The number of carbonyl (C=O) groups excluding carboxylic acids is 1. The van der Waals surface area contributed by atoms with E-state index in [0.29, 0.717) is 0 Å². The summed E-state index contributed by atoms with van der Waals surface area (Å²) in [6, 6.07) is 3.55. The molecule has 1 unspecified atom stereocenters. The first-order valence-electron chi connectivity index (χ1n) is 4.06. The highest BCUT2D eigenvalue weighted by Gasteiger charge is 2.19. The van der Waals surface area contributed by atoms with Gasteiger partial charge in [0, 0.05) is 15.6 Å². The van der Waals surface area contributed by atoms with Crippen LogP contribution in [0.4, 0.5) is 0 Å². The fourth-order valence-electron chi connectivity index (χ4n) is 1.00. The molecule has 0 saturated heterocycles. The summed E-state index contributed by atoms with van der Waals surface area (Å²) in [5.41, 5.74) is 0. The minimum absolute atomic E-state index is 0.226. The molecule has 0 radical (unpaired) electrons. The Morgan fingerprint density at radius 1 is 1.67 bits per heavy atom. The molecule has 5 nitrogen and oxygen atoms in total. The van der Waals surface area contributed by atoms with Crippen LogP contribution in [0, 0.1) is 10.1 Å². The molecule has 1 atom stereocenters. The average molecular weight is 246 g/mol. The molecule has 0 bridgehead atoms. The van der Waals surface area contributed by atoms with E-state index in [4.69, 9.17) is 0 Å². The summed E-state index contributed by atoms with van der Waals surface area (Å²) >= 11 is 2.41. The molecule has 82 valence electrons. The van der Waals surface area contributed by atoms with E-state index in [1.54, 1.807) is 12.1 Å². The molecule has 1 rings (SSSR count). The van der Waals surface area contributed by atoms with Crippen LogP contribution < -0.4 is 5.11 Å². The zero-order valence-electron chi connectivity index (χ0n) is 7.62. The number of thiophene rings is 1. The summed E-state index contributed by atoms with van der Waals surface area (Å²) in [6.07, 6.45) is 0. The quantitative estimate of drug-likeness (QED) is 0.540. The summed E-state index contributed by atoms with van der Waals surface area (Å²) < 4.78 is 0. The average Bonchev–Trinajstić information content (AvgIpc) is 2.63. The van der Waals surface area contributed by atoms with Crippen molar-refractivity contribution in [1.29, 1.82) is 0 Å². The Labute approximate surface area is 94.3 Å². The van der Waals surface area contributed by atoms with Crippen molar-refractivity contribution in [2.75, 3.05) is 12.3 Å². The van der Waals surface area contributed by atoms with Crippen LogP contribution in [0.5, 0.6) is 0 Å². The maximum absolute atomic E-state index is 10.4. The van der Waals surface area contributed by atoms with E-state index in [9.17, 15) is 20.0 Å². The number of hydrogen-bond acceptors (Lipinski definition) is 6. The Morgan fingerprint density at radius 2 is 2.40 bits per heavy atom. The number of nitrogens with zero attached hydrogens (tertiary/aromatic N) is 1. The molecule has 0 N–H and O–H groups in total. The summed E-state index contributed by atoms with van der Waals surface area (Å²) in [4.78, 5) is 21.0. The molecular weight excluding hydrogens is 238 g/mol. The number of carboxylic acid groups (broad SMARTS) is 1. The molecule has 0 aliphatic heterocycles. The lowest BCUT2D eigenvalue weighted by molar-refractivity contribution is -0.479. The lowest BCUT2D eigenvalue weighted by atomic mass is 10.3. The van der Waals surface area contributed by atoms with Crippen molar-refractivity contribution >= 4 is 29.1 Å². The van der Waals surface area contributed by atoms with Gasteiger partial charge in [0.1, 0.15) is 5.25 Å². The number of carbonyl (C=O) groups is 1. The van der Waals surface area contributed by atoms with Crippen LogP contribution in [0.25, 0.3) is 0 Å². The highest BCUT2D eigenvalue weighted by molar-refractivity contribution is 8.00. The van der Waals surface area contributed by atoms with E-state index in [2.05, 4.69) is 0 Å². The molecule has 0 aromatic carbocycles. The molecule has 0 spiro atoms. The molecule has 0 aliphatic carbocycles. The third-order valence-corrected chi connectivity index (χ3v) is 3.92. The van der Waals surface area contributed by atoms with Gasteiger partial charge in [0.15, 0.2) is 0 Å². The van der Waals surface area contributed by atoms with Crippen LogP contribution in [0.1, 0.15) is 10.1 Å². The van der Waals surface area contributed by atoms with E-state index in [0.717, 1.165) is 16.6 Å². The minimum Gasteiger partial charge on any atom is -0.549 e. The Balaban J connectivity index is 2.61. The number of thioether (sulfide) groups is 1. The normalized spacial score (nSPS) is 12.3. The molecule has 0 saturated carbocycles. The van der Waals surface area contributed by atoms with Crippen molar-refractivity contribution < 1.29 is 14.8 Å². The Kier molecular flexibility index (Phi) is 4.57. The van der Waals surface area contributed by atoms with E-state index in [1.165, 1.54) is 11.3 Å². The number of hydrogen-bond donors (Lipinski definition) is 0. The SMILES string of the molecule is O=C([O-])CSC(C[N+](=O)[O-])c1cccs1. The highest BCUT2D eigenvalue weighted by Crippen LogP contribution is 2.31. The predicted octanol–water partition coefficient (Wildman–Crippen LogP) is 0.549. The first-order chi connectivity index (χ1) is 7.09. The van der Waals surface area contributed by atoms with E-state index < -0.39 is 16.1 Å². The van der Waals surface area contributed by atoms with Crippen molar-refractivity contribution in [3.8, 4) is 0 Å². The number of carboxylic acids is 1. The largest absolute Gasteiger partial charge is 0.549 e. The van der Waals surface area contributed by atoms with Gasteiger partial charge in [0.2, 0.25) is 6.54 Å². The van der Waals surface area contributed by atoms with Crippen molar-refractivity contribution in [1.82, 2.24) is 0 Å². The smallest absolute Gasteiger partial charge is 0.220 e. The molecule has 0 aliphatic rings. The molecule has 0 fully saturated rings. The van der Waals surface area contributed by atoms with Gasteiger partial charge >= 0.3 is 0 Å². The first-order valence-corrected chi connectivity index (χ1v) is 5.99. The van der Waals surface area contributed by atoms with Crippen LogP contribution >= 0.6 is 23.1 Å². The monoisotopic (exact) mass is 246 g/mol. The maximum atomic E-state index is 10.4. The van der Waals surface area contributed by atoms with Gasteiger partial charge in [-0.25, -0.2) is 0 Å². The lowest BCUT2D eigenvalue weighted by Gasteiger charge is -2.10. The minimum atomic E-state index is -1.20. The van der Waals surface area contributed by atoms with Crippen LogP contribution in [0.3, 0.4) is 0 Å². The second-order valence-corrected chi connectivity index (χ2v) is 4.87. The summed E-state index contributed by atoms with van der Waals surface area (Å²) in [5.74, 6) is -1.43. The molecule has 7 heteroatoms. The molecule has 1 heterocycles.